The monoisotopic (exact) mass is 462 g/mol. The number of carbonyl (C=O) groups excluding carboxylic acids is 1. The summed E-state index contributed by atoms with van der Waals surface area (Å²) < 4.78 is 46.4. The SMILES string of the molecule is CCN(CC)S(=O)Nc1ccc(F)c(C(=O)c2c[nH]c3ncnc(NCC4CC4)c23)c1F. The number of rotatable bonds is 10. The van der Waals surface area contributed by atoms with E-state index in [9.17, 15) is 13.4 Å². The van der Waals surface area contributed by atoms with E-state index in [1.54, 1.807) is 4.31 Å². The van der Waals surface area contributed by atoms with Crippen LogP contribution < -0.4 is 10.0 Å². The number of aromatic nitrogens is 3. The fourth-order valence-corrected chi connectivity index (χ4v) is 4.37. The predicted octanol–water partition coefficient (Wildman–Crippen LogP) is 3.62. The highest BCUT2D eigenvalue weighted by Crippen LogP contribution is 2.32. The smallest absolute Gasteiger partial charge is 0.201 e. The predicted molar refractivity (Wildman–Crippen MR) is 120 cm³/mol. The lowest BCUT2D eigenvalue weighted by molar-refractivity contribution is 0.103. The molecule has 0 saturated heterocycles. The van der Waals surface area contributed by atoms with E-state index in [1.165, 1.54) is 12.5 Å². The summed E-state index contributed by atoms with van der Waals surface area (Å²) in [6.07, 6.45) is 4.99. The number of H-pyrrole nitrogens is 1. The van der Waals surface area contributed by atoms with Gasteiger partial charge in [0.15, 0.2) is 17.0 Å². The van der Waals surface area contributed by atoms with Crippen LogP contribution in [0, 0.1) is 17.6 Å². The fourth-order valence-electron chi connectivity index (χ4n) is 3.43. The van der Waals surface area contributed by atoms with E-state index in [1.807, 2.05) is 13.8 Å². The van der Waals surface area contributed by atoms with Gasteiger partial charge in [-0.1, -0.05) is 13.8 Å². The molecule has 4 rings (SSSR count). The topological polar surface area (TPSA) is 103 Å². The van der Waals surface area contributed by atoms with Gasteiger partial charge < -0.3 is 10.3 Å². The minimum absolute atomic E-state index is 0.0544. The molecule has 170 valence electrons. The summed E-state index contributed by atoms with van der Waals surface area (Å²) in [5.74, 6) is -1.97. The third-order valence-corrected chi connectivity index (χ3v) is 6.80. The number of ketones is 1. The third kappa shape index (κ3) is 4.35. The summed E-state index contributed by atoms with van der Waals surface area (Å²) in [7, 11) is 0. The second-order valence-corrected chi connectivity index (χ2v) is 8.77. The van der Waals surface area contributed by atoms with Crippen molar-refractivity contribution in [3.8, 4) is 0 Å². The molecule has 8 nitrogen and oxygen atoms in total. The number of benzene rings is 1. The zero-order valence-electron chi connectivity index (χ0n) is 17.7. The second kappa shape index (κ2) is 9.29. The Bertz CT molecular complexity index is 1180. The Morgan fingerprint density at radius 3 is 2.69 bits per heavy atom. The summed E-state index contributed by atoms with van der Waals surface area (Å²) in [6, 6.07) is 2.11. The molecule has 3 aromatic rings. The van der Waals surface area contributed by atoms with Crippen molar-refractivity contribution in [3.63, 3.8) is 0 Å². The van der Waals surface area contributed by atoms with Gasteiger partial charge in [-0.3, -0.25) is 9.52 Å². The summed E-state index contributed by atoms with van der Waals surface area (Å²) in [5.41, 5.74) is -0.509. The van der Waals surface area contributed by atoms with Gasteiger partial charge in [-0.25, -0.2) is 27.3 Å². The largest absolute Gasteiger partial charge is 0.369 e. The number of hydrogen-bond donors (Lipinski definition) is 3. The van der Waals surface area contributed by atoms with Crippen molar-refractivity contribution in [1.29, 1.82) is 0 Å². The Kier molecular flexibility index (Phi) is 6.47. The number of carbonyl (C=O) groups is 1. The molecule has 1 aliphatic rings. The Morgan fingerprint density at radius 1 is 1.25 bits per heavy atom. The second-order valence-electron chi connectivity index (χ2n) is 7.55. The molecule has 0 spiro atoms. The third-order valence-electron chi connectivity index (χ3n) is 5.42. The molecule has 1 aromatic carbocycles. The van der Waals surface area contributed by atoms with E-state index in [0.29, 0.717) is 42.4 Å². The molecule has 1 unspecified atom stereocenters. The van der Waals surface area contributed by atoms with Crippen LogP contribution in [0.1, 0.15) is 42.6 Å². The molecular formula is C21H24F2N6O2S. The summed E-state index contributed by atoms with van der Waals surface area (Å²) in [5, 5.41) is 3.58. The lowest BCUT2D eigenvalue weighted by Gasteiger charge is -2.18. The molecule has 1 fully saturated rings. The molecule has 11 heteroatoms. The molecule has 32 heavy (non-hydrogen) atoms. The molecule has 2 aromatic heterocycles. The maximum absolute atomic E-state index is 15.2. The van der Waals surface area contributed by atoms with Crippen LogP contribution >= 0.6 is 0 Å². The van der Waals surface area contributed by atoms with E-state index in [-0.39, 0.29) is 11.3 Å². The standard InChI is InChI=1S/C21H24F2N6O2S/c1-3-29(4-2)32(31)28-15-8-7-14(22)17(18(15)23)19(30)13-10-25-21-16(13)20(26-11-27-21)24-9-12-5-6-12/h7-8,10-12,28H,3-6,9H2,1-2H3,(H2,24,25,26,27). The Balaban J connectivity index is 1.70. The molecule has 3 N–H and O–H groups in total. The summed E-state index contributed by atoms with van der Waals surface area (Å²) in [6.45, 7) is 5.26. The minimum atomic E-state index is -1.74. The van der Waals surface area contributed by atoms with Crippen LogP contribution in [0.15, 0.2) is 24.7 Å². The fraction of sp³-hybridized carbons (Fsp3) is 0.381. The van der Waals surface area contributed by atoms with Crippen LogP contribution in [-0.2, 0) is 11.2 Å². The van der Waals surface area contributed by atoms with Crippen LogP contribution in [0.3, 0.4) is 0 Å². The normalized spacial score (nSPS) is 14.7. The van der Waals surface area contributed by atoms with Crippen LogP contribution in [0.4, 0.5) is 20.3 Å². The van der Waals surface area contributed by atoms with Gasteiger partial charge in [0.1, 0.15) is 23.6 Å². The Labute approximate surface area is 186 Å². The summed E-state index contributed by atoms with van der Waals surface area (Å²) >= 11 is -1.74. The molecule has 0 radical (unpaired) electrons. The molecule has 1 saturated carbocycles. The molecule has 0 aliphatic heterocycles. The van der Waals surface area contributed by atoms with Gasteiger partial charge in [-0.15, -0.1) is 0 Å². The number of nitrogens with zero attached hydrogens (tertiary/aromatic N) is 3. The van der Waals surface area contributed by atoms with Crippen molar-refractivity contribution >= 4 is 39.5 Å². The Hall–Kier alpha value is -2.92. The minimum Gasteiger partial charge on any atom is -0.369 e. The van der Waals surface area contributed by atoms with Gasteiger partial charge in [0.05, 0.1) is 22.2 Å². The van der Waals surface area contributed by atoms with Crippen molar-refractivity contribution in [2.24, 2.45) is 5.92 Å². The van der Waals surface area contributed by atoms with Crippen molar-refractivity contribution in [2.45, 2.75) is 26.7 Å². The van der Waals surface area contributed by atoms with E-state index in [4.69, 9.17) is 0 Å². The van der Waals surface area contributed by atoms with E-state index in [0.717, 1.165) is 25.0 Å². The van der Waals surface area contributed by atoms with Gasteiger partial charge >= 0.3 is 0 Å². The van der Waals surface area contributed by atoms with E-state index in [2.05, 4.69) is 25.0 Å². The molecule has 1 atom stereocenters. The highest BCUT2D eigenvalue weighted by Gasteiger charge is 2.27. The van der Waals surface area contributed by atoms with Crippen molar-refractivity contribution < 1.29 is 17.8 Å². The van der Waals surface area contributed by atoms with Crippen molar-refractivity contribution in [1.82, 2.24) is 19.3 Å². The first-order chi connectivity index (χ1) is 15.4. The van der Waals surface area contributed by atoms with Gasteiger partial charge in [0, 0.05) is 25.8 Å². The quantitative estimate of drug-likeness (QED) is 0.400. The first kappa shape index (κ1) is 22.3. The molecular weight excluding hydrogens is 438 g/mol. The van der Waals surface area contributed by atoms with Crippen molar-refractivity contribution in [3.05, 3.63) is 47.4 Å². The van der Waals surface area contributed by atoms with E-state index >= 15 is 4.39 Å². The molecule has 0 amide bonds. The number of nitrogens with one attached hydrogen (secondary N) is 3. The number of fused-ring (bicyclic) bond motifs is 1. The zero-order chi connectivity index (χ0) is 22.8. The molecule has 0 bridgehead atoms. The van der Waals surface area contributed by atoms with Crippen molar-refractivity contribution in [2.75, 3.05) is 29.7 Å². The lowest BCUT2D eigenvalue weighted by atomic mass is 10.0. The average Bonchev–Trinajstić information content (AvgIpc) is 3.51. The highest BCUT2D eigenvalue weighted by atomic mass is 32.2. The molecule has 1 aliphatic carbocycles. The number of hydrogen-bond acceptors (Lipinski definition) is 5. The highest BCUT2D eigenvalue weighted by molar-refractivity contribution is 7.84. The van der Waals surface area contributed by atoms with Gasteiger partial charge in [-0.05, 0) is 30.9 Å². The number of aromatic amines is 1. The lowest BCUT2D eigenvalue weighted by Crippen LogP contribution is -2.30. The van der Waals surface area contributed by atoms with Gasteiger partial charge in [-0.2, -0.15) is 0 Å². The Morgan fingerprint density at radius 2 is 2.00 bits per heavy atom. The summed E-state index contributed by atoms with van der Waals surface area (Å²) in [4.78, 5) is 24.5. The van der Waals surface area contributed by atoms with Crippen LogP contribution in [0.25, 0.3) is 11.0 Å². The average molecular weight is 463 g/mol. The van der Waals surface area contributed by atoms with Crippen LogP contribution in [0.2, 0.25) is 0 Å². The first-order valence-corrected chi connectivity index (χ1v) is 11.6. The van der Waals surface area contributed by atoms with Crippen LogP contribution in [-0.4, -0.2) is 48.9 Å². The van der Waals surface area contributed by atoms with Gasteiger partial charge in [0.2, 0.25) is 5.78 Å². The van der Waals surface area contributed by atoms with Gasteiger partial charge in [0.25, 0.3) is 0 Å². The maximum Gasteiger partial charge on any atom is 0.201 e. The maximum atomic E-state index is 15.2. The number of anilines is 2. The van der Waals surface area contributed by atoms with E-state index < -0.39 is 34.2 Å². The van der Waals surface area contributed by atoms with Crippen LogP contribution in [0.5, 0.6) is 0 Å². The number of halogens is 2. The molecule has 2 heterocycles. The first-order valence-electron chi connectivity index (χ1n) is 10.5. The zero-order valence-corrected chi connectivity index (χ0v) is 18.6.